The number of ether oxygens (including phenoxy) is 2. The molecule has 0 bridgehead atoms. The van der Waals surface area contributed by atoms with Gasteiger partial charge in [-0.15, -0.1) is 0 Å². The van der Waals surface area contributed by atoms with Gasteiger partial charge in [0.2, 0.25) is 5.88 Å². The molecule has 1 amide bonds. The van der Waals surface area contributed by atoms with E-state index in [0.29, 0.717) is 24.9 Å². The second kappa shape index (κ2) is 6.81. The quantitative estimate of drug-likeness (QED) is 0.726. The van der Waals surface area contributed by atoms with Gasteiger partial charge in [0.25, 0.3) is 0 Å². The molecule has 5 nitrogen and oxygen atoms in total. The van der Waals surface area contributed by atoms with E-state index in [1.54, 1.807) is 11.1 Å². The van der Waals surface area contributed by atoms with E-state index in [4.69, 9.17) is 9.47 Å². The first kappa shape index (κ1) is 16.3. The SMILES string of the molecule is CC(C)(C)OC(=O)N1CCC(COc2ncccc2I)C1. The first-order valence-corrected chi connectivity index (χ1v) is 8.14. The number of halogens is 1. The highest BCUT2D eigenvalue weighted by Crippen LogP contribution is 2.22. The van der Waals surface area contributed by atoms with Gasteiger partial charge in [-0.05, 0) is 61.9 Å². The summed E-state index contributed by atoms with van der Waals surface area (Å²) in [6, 6.07) is 3.85. The van der Waals surface area contributed by atoms with Gasteiger partial charge in [0.05, 0.1) is 10.2 Å². The standard InChI is InChI=1S/C15H21IN2O3/c1-15(2,3)21-14(19)18-8-6-11(9-18)10-20-13-12(16)5-4-7-17-13/h4-5,7,11H,6,8-10H2,1-3H3. The molecule has 0 aromatic carbocycles. The number of amides is 1. The Balaban J connectivity index is 1.80. The lowest BCUT2D eigenvalue weighted by Crippen LogP contribution is -2.35. The number of aromatic nitrogens is 1. The number of likely N-dealkylation sites (tertiary alicyclic amines) is 1. The summed E-state index contributed by atoms with van der Waals surface area (Å²) in [5.41, 5.74) is -0.449. The lowest BCUT2D eigenvalue weighted by Gasteiger charge is -2.24. The molecule has 6 heteroatoms. The molecule has 1 aliphatic rings. The van der Waals surface area contributed by atoms with Gasteiger partial charge in [0, 0.05) is 25.2 Å². The van der Waals surface area contributed by atoms with Gasteiger partial charge in [-0.25, -0.2) is 9.78 Å². The predicted octanol–water partition coefficient (Wildman–Crippen LogP) is 3.32. The molecule has 1 aromatic heterocycles. The van der Waals surface area contributed by atoms with Crippen LogP contribution >= 0.6 is 22.6 Å². The van der Waals surface area contributed by atoms with Gasteiger partial charge < -0.3 is 14.4 Å². The van der Waals surface area contributed by atoms with Crippen molar-refractivity contribution in [3.63, 3.8) is 0 Å². The van der Waals surface area contributed by atoms with E-state index in [0.717, 1.165) is 16.5 Å². The maximum absolute atomic E-state index is 12.0. The molecule has 0 saturated carbocycles. The highest BCUT2D eigenvalue weighted by atomic mass is 127. The van der Waals surface area contributed by atoms with Crippen molar-refractivity contribution < 1.29 is 14.3 Å². The topological polar surface area (TPSA) is 51.7 Å². The van der Waals surface area contributed by atoms with Gasteiger partial charge in [-0.1, -0.05) is 0 Å². The molecule has 21 heavy (non-hydrogen) atoms. The van der Waals surface area contributed by atoms with Crippen molar-refractivity contribution in [1.82, 2.24) is 9.88 Å². The summed E-state index contributed by atoms with van der Waals surface area (Å²) in [6.07, 6.45) is 2.42. The van der Waals surface area contributed by atoms with Gasteiger partial charge in [0.15, 0.2) is 0 Å². The average molecular weight is 404 g/mol. The second-order valence-corrected chi connectivity index (χ2v) is 7.34. The Morgan fingerprint density at radius 3 is 2.95 bits per heavy atom. The highest BCUT2D eigenvalue weighted by Gasteiger charge is 2.30. The molecule has 2 heterocycles. The summed E-state index contributed by atoms with van der Waals surface area (Å²) in [4.78, 5) is 17.9. The number of hydrogen-bond acceptors (Lipinski definition) is 4. The van der Waals surface area contributed by atoms with Crippen molar-refractivity contribution in [2.75, 3.05) is 19.7 Å². The number of nitrogens with zero attached hydrogens (tertiary/aromatic N) is 2. The van der Waals surface area contributed by atoms with Crippen LogP contribution in [0.5, 0.6) is 5.88 Å². The maximum Gasteiger partial charge on any atom is 0.410 e. The molecule has 0 spiro atoms. The van der Waals surface area contributed by atoms with E-state index in [2.05, 4.69) is 27.6 Å². The van der Waals surface area contributed by atoms with Crippen LogP contribution in [0.2, 0.25) is 0 Å². The zero-order valence-corrected chi connectivity index (χ0v) is 14.8. The first-order valence-electron chi connectivity index (χ1n) is 7.06. The monoisotopic (exact) mass is 404 g/mol. The third-order valence-electron chi connectivity index (χ3n) is 3.12. The molecular formula is C15H21IN2O3. The summed E-state index contributed by atoms with van der Waals surface area (Å²) >= 11 is 2.20. The molecule has 1 unspecified atom stereocenters. The maximum atomic E-state index is 12.0. The number of carbonyl (C=O) groups excluding carboxylic acids is 1. The van der Waals surface area contributed by atoms with Crippen molar-refractivity contribution in [2.45, 2.75) is 32.8 Å². The normalized spacial score (nSPS) is 18.7. The van der Waals surface area contributed by atoms with Crippen LogP contribution in [0.1, 0.15) is 27.2 Å². The zero-order chi connectivity index (χ0) is 15.5. The molecule has 0 N–H and O–H groups in total. The minimum atomic E-state index is -0.449. The van der Waals surface area contributed by atoms with E-state index in [1.807, 2.05) is 32.9 Å². The van der Waals surface area contributed by atoms with Crippen molar-refractivity contribution >= 4 is 28.7 Å². The van der Waals surface area contributed by atoms with Crippen LogP contribution in [-0.2, 0) is 4.74 Å². The Morgan fingerprint density at radius 1 is 1.52 bits per heavy atom. The minimum Gasteiger partial charge on any atom is -0.477 e. The number of pyridine rings is 1. The summed E-state index contributed by atoms with van der Waals surface area (Å²) < 4.78 is 12.1. The van der Waals surface area contributed by atoms with Gasteiger partial charge in [-0.2, -0.15) is 0 Å². The average Bonchev–Trinajstić information content (AvgIpc) is 2.85. The molecule has 0 radical (unpaired) electrons. The third kappa shape index (κ3) is 5.01. The molecule has 1 fully saturated rings. The number of hydrogen-bond donors (Lipinski definition) is 0. The summed E-state index contributed by atoms with van der Waals surface area (Å²) in [6.45, 7) is 7.62. The Morgan fingerprint density at radius 2 is 2.29 bits per heavy atom. The van der Waals surface area contributed by atoms with Crippen molar-refractivity contribution in [1.29, 1.82) is 0 Å². The molecule has 1 aliphatic heterocycles. The zero-order valence-electron chi connectivity index (χ0n) is 12.6. The molecule has 1 aromatic rings. The van der Waals surface area contributed by atoms with Crippen LogP contribution in [0, 0.1) is 9.49 Å². The largest absolute Gasteiger partial charge is 0.477 e. The first-order chi connectivity index (χ1) is 9.85. The number of rotatable bonds is 3. The second-order valence-electron chi connectivity index (χ2n) is 6.18. The van der Waals surface area contributed by atoms with E-state index in [9.17, 15) is 4.79 Å². The van der Waals surface area contributed by atoms with E-state index < -0.39 is 5.60 Å². The Labute approximate surface area is 139 Å². The van der Waals surface area contributed by atoms with Gasteiger partial charge >= 0.3 is 6.09 Å². The molecule has 116 valence electrons. The molecule has 1 saturated heterocycles. The molecule has 0 aliphatic carbocycles. The predicted molar refractivity (Wildman–Crippen MR) is 88.4 cm³/mol. The van der Waals surface area contributed by atoms with Crippen LogP contribution < -0.4 is 4.74 Å². The summed E-state index contributed by atoms with van der Waals surface area (Å²) in [7, 11) is 0. The smallest absolute Gasteiger partial charge is 0.410 e. The molecular weight excluding hydrogens is 383 g/mol. The number of carbonyl (C=O) groups is 1. The van der Waals surface area contributed by atoms with Crippen molar-refractivity contribution in [2.24, 2.45) is 5.92 Å². The Kier molecular flexibility index (Phi) is 5.29. The molecule has 1 atom stereocenters. The Hall–Kier alpha value is -1.05. The van der Waals surface area contributed by atoms with Crippen molar-refractivity contribution in [3.05, 3.63) is 21.9 Å². The third-order valence-corrected chi connectivity index (χ3v) is 3.94. The van der Waals surface area contributed by atoms with Gasteiger partial charge in [0.1, 0.15) is 5.60 Å². The fraction of sp³-hybridized carbons (Fsp3) is 0.600. The summed E-state index contributed by atoms with van der Waals surface area (Å²) in [5, 5.41) is 0. The van der Waals surface area contributed by atoms with Crippen LogP contribution in [-0.4, -0.2) is 41.3 Å². The minimum absolute atomic E-state index is 0.239. The van der Waals surface area contributed by atoms with Crippen LogP contribution in [0.25, 0.3) is 0 Å². The summed E-state index contributed by atoms with van der Waals surface area (Å²) in [5.74, 6) is 0.990. The lowest BCUT2D eigenvalue weighted by atomic mass is 10.1. The molecule has 2 rings (SSSR count). The Bertz CT molecular complexity index is 502. The van der Waals surface area contributed by atoms with E-state index in [-0.39, 0.29) is 6.09 Å². The van der Waals surface area contributed by atoms with Crippen LogP contribution in [0.3, 0.4) is 0 Å². The fourth-order valence-electron chi connectivity index (χ4n) is 2.14. The van der Waals surface area contributed by atoms with E-state index in [1.165, 1.54) is 0 Å². The van der Waals surface area contributed by atoms with E-state index >= 15 is 0 Å². The fourth-order valence-corrected chi connectivity index (χ4v) is 2.64. The lowest BCUT2D eigenvalue weighted by molar-refractivity contribution is 0.0284. The van der Waals surface area contributed by atoms with Crippen molar-refractivity contribution in [3.8, 4) is 5.88 Å². The van der Waals surface area contributed by atoms with Crippen LogP contribution in [0.15, 0.2) is 18.3 Å². The highest BCUT2D eigenvalue weighted by molar-refractivity contribution is 14.1. The van der Waals surface area contributed by atoms with Crippen LogP contribution in [0.4, 0.5) is 4.79 Å². The van der Waals surface area contributed by atoms with Gasteiger partial charge in [-0.3, -0.25) is 0 Å².